The number of halogens is 3. The molecule has 406 valence electrons. The van der Waals surface area contributed by atoms with Crippen LogP contribution >= 0.6 is 23.2 Å². The van der Waals surface area contributed by atoms with Gasteiger partial charge in [0, 0.05) is 86.3 Å². The van der Waals surface area contributed by atoms with Gasteiger partial charge in [0.2, 0.25) is 17.7 Å². The van der Waals surface area contributed by atoms with Crippen LogP contribution in [0, 0.1) is 5.82 Å². The number of hydrogen-bond acceptors (Lipinski definition) is 17. The van der Waals surface area contributed by atoms with Crippen molar-refractivity contribution in [3.8, 4) is 23.0 Å². The van der Waals surface area contributed by atoms with Crippen molar-refractivity contribution in [2.75, 3.05) is 131 Å². The Morgan fingerprint density at radius 2 is 0.908 bits per heavy atom. The molecule has 4 aromatic carbocycles. The van der Waals surface area contributed by atoms with Crippen molar-refractivity contribution in [2.24, 2.45) is 0 Å². The summed E-state index contributed by atoms with van der Waals surface area (Å²) < 4.78 is 50.7. The summed E-state index contributed by atoms with van der Waals surface area (Å²) in [6, 6.07) is 19.2. The fourth-order valence-electron chi connectivity index (χ4n) is 10.9. The second-order valence-corrected chi connectivity index (χ2v) is 20.4. The normalized spacial score (nSPS) is 17.4. The van der Waals surface area contributed by atoms with Crippen LogP contribution < -0.4 is 44.5 Å². The van der Waals surface area contributed by atoms with E-state index in [9.17, 15) is 0 Å². The maximum absolute atomic E-state index is 15.4. The first-order valence-electron chi connectivity index (χ1n) is 27.0. The Balaban J connectivity index is 1.07. The summed E-state index contributed by atoms with van der Waals surface area (Å²) in [5.41, 5.74) is 10.6. The summed E-state index contributed by atoms with van der Waals surface area (Å²) in [6.07, 6.45) is 3.07. The largest absolute Gasteiger partial charge is 0.492 e. The van der Waals surface area contributed by atoms with Crippen molar-refractivity contribution in [1.82, 2.24) is 29.7 Å². The second-order valence-electron chi connectivity index (χ2n) is 19.6. The Morgan fingerprint density at radius 1 is 0.539 bits per heavy atom. The van der Waals surface area contributed by atoms with Gasteiger partial charge in [-0.2, -0.15) is 14.4 Å². The van der Waals surface area contributed by atoms with Crippen molar-refractivity contribution in [3.05, 3.63) is 87.7 Å². The molecule has 4 saturated heterocycles. The van der Waals surface area contributed by atoms with Gasteiger partial charge < -0.3 is 44.0 Å². The summed E-state index contributed by atoms with van der Waals surface area (Å²) in [6.45, 7) is 18.6. The maximum atomic E-state index is 15.4. The molecule has 0 radical (unpaired) electrons. The van der Waals surface area contributed by atoms with Gasteiger partial charge in [0.15, 0.2) is 11.5 Å². The molecule has 0 unspecified atom stereocenters. The highest BCUT2D eigenvalue weighted by atomic mass is 35.5. The van der Waals surface area contributed by atoms with Crippen LogP contribution in [0.25, 0.3) is 21.8 Å². The fraction of sp³-hybridized carbons (Fsp3) is 0.500. The zero-order chi connectivity index (χ0) is 52.7. The Bertz CT molecular complexity index is 2700. The highest BCUT2D eigenvalue weighted by Gasteiger charge is 2.39. The average Bonchev–Trinajstić information content (AvgIpc) is 3.45. The number of piperidine rings is 2. The lowest BCUT2D eigenvalue weighted by Crippen LogP contribution is -2.60. The van der Waals surface area contributed by atoms with E-state index in [-0.39, 0.29) is 23.6 Å². The smallest absolute Gasteiger partial charge is 0.247 e. The third kappa shape index (κ3) is 12.0. The number of benzene rings is 4. The quantitative estimate of drug-likeness (QED) is 0.0605. The number of nitrogen functional groups attached to an aromatic ring is 1. The topological polar surface area (TPSA) is 152 Å². The minimum absolute atomic E-state index is 0.0782. The van der Waals surface area contributed by atoms with Gasteiger partial charge in [0.05, 0.1) is 76.0 Å². The van der Waals surface area contributed by atoms with Crippen LogP contribution in [0.2, 0.25) is 10.0 Å². The monoisotopic (exact) mass is 1080 g/mol. The average molecular weight is 1080 g/mol. The summed E-state index contributed by atoms with van der Waals surface area (Å²) >= 11 is 13.5. The van der Waals surface area contributed by atoms with Gasteiger partial charge in [-0.15, -0.1) is 0 Å². The van der Waals surface area contributed by atoms with Gasteiger partial charge in [-0.3, -0.25) is 9.80 Å². The molecule has 20 heteroatoms. The van der Waals surface area contributed by atoms with Crippen LogP contribution in [-0.2, 0) is 22.6 Å². The summed E-state index contributed by atoms with van der Waals surface area (Å²) in [4.78, 5) is 31.6. The summed E-state index contributed by atoms with van der Waals surface area (Å²) in [5, 5.41) is 7.65. The molecule has 10 rings (SSSR count). The number of hydrogen-bond donors (Lipinski definition) is 1. The predicted octanol–water partition coefficient (Wildman–Crippen LogP) is 9.43. The minimum atomic E-state index is -0.478. The third-order valence-electron chi connectivity index (χ3n) is 14.6. The SMILES string of the molecule is CCOc1cc(CN2CCC(N(c3nc(N4CCOCC4)c4cc(Cl)ccc4n3)N(c3nc(N4CCOCC4)c4cc(Cl)ccc4n3)C3CCN(Cc4cc(OCC)c(F)c(OCC)c4)CC3)CC2)cc(OCC)c1N. The zero-order valence-electron chi connectivity index (χ0n) is 44.1. The molecule has 6 heterocycles. The highest BCUT2D eigenvalue weighted by molar-refractivity contribution is 6.31. The summed E-state index contributed by atoms with van der Waals surface area (Å²) in [5.74, 6) is 3.91. The van der Waals surface area contributed by atoms with E-state index in [1.165, 1.54) is 0 Å². The maximum Gasteiger partial charge on any atom is 0.247 e. The molecule has 6 aromatic rings. The Hall–Kier alpha value is -5.89. The molecule has 4 aliphatic heterocycles. The Kier molecular flexibility index (Phi) is 17.3. The molecular formula is C56H70Cl2FN11O6. The van der Waals surface area contributed by atoms with Crippen molar-refractivity contribution >= 4 is 74.2 Å². The number of fused-ring (bicyclic) bond motifs is 2. The highest BCUT2D eigenvalue weighted by Crippen LogP contribution is 2.40. The number of nitrogens with zero attached hydrogens (tertiary/aromatic N) is 10. The van der Waals surface area contributed by atoms with Crippen LogP contribution in [0.15, 0.2) is 60.7 Å². The Labute approximate surface area is 454 Å². The van der Waals surface area contributed by atoms with E-state index in [1.54, 1.807) is 12.1 Å². The lowest BCUT2D eigenvalue weighted by atomic mass is 10.0. The molecule has 4 fully saturated rings. The molecule has 0 amide bonds. The molecule has 4 aliphatic rings. The molecule has 76 heavy (non-hydrogen) atoms. The van der Waals surface area contributed by atoms with Crippen molar-refractivity contribution in [2.45, 2.75) is 78.6 Å². The number of morpholine rings is 2. The lowest BCUT2D eigenvalue weighted by Gasteiger charge is -2.48. The molecule has 0 atom stereocenters. The lowest BCUT2D eigenvalue weighted by molar-refractivity contribution is 0.122. The van der Waals surface area contributed by atoms with Crippen molar-refractivity contribution in [3.63, 3.8) is 0 Å². The van der Waals surface area contributed by atoms with E-state index in [4.69, 9.17) is 77.3 Å². The minimum Gasteiger partial charge on any atom is -0.492 e. The molecule has 0 spiro atoms. The first-order chi connectivity index (χ1) is 37.1. The zero-order valence-corrected chi connectivity index (χ0v) is 45.6. The number of aromatic nitrogens is 4. The molecule has 2 N–H and O–H groups in total. The predicted molar refractivity (Wildman–Crippen MR) is 299 cm³/mol. The van der Waals surface area contributed by atoms with Crippen LogP contribution in [0.3, 0.4) is 0 Å². The van der Waals surface area contributed by atoms with Crippen LogP contribution in [0.1, 0.15) is 64.5 Å². The van der Waals surface area contributed by atoms with Crippen molar-refractivity contribution < 1.29 is 32.8 Å². The van der Waals surface area contributed by atoms with E-state index in [0.29, 0.717) is 131 Å². The Morgan fingerprint density at radius 3 is 1.29 bits per heavy atom. The van der Waals surface area contributed by atoms with Crippen LogP contribution in [0.5, 0.6) is 23.0 Å². The number of anilines is 5. The number of rotatable bonds is 19. The molecular weight excluding hydrogens is 1010 g/mol. The van der Waals surface area contributed by atoms with Gasteiger partial charge in [0.25, 0.3) is 0 Å². The first kappa shape index (κ1) is 53.5. The van der Waals surface area contributed by atoms with Crippen LogP contribution in [-0.4, -0.2) is 147 Å². The molecule has 0 saturated carbocycles. The van der Waals surface area contributed by atoms with Gasteiger partial charge in [-0.05, 0) is 125 Å². The number of ether oxygens (including phenoxy) is 6. The molecule has 2 aromatic heterocycles. The number of hydrazine groups is 1. The van der Waals surface area contributed by atoms with Crippen molar-refractivity contribution in [1.29, 1.82) is 0 Å². The summed E-state index contributed by atoms with van der Waals surface area (Å²) in [7, 11) is 0. The van der Waals surface area contributed by atoms with E-state index < -0.39 is 5.82 Å². The molecule has 17 nitrogen and oxygen atoms in total. The molecule has 0 aliphatic carbocycles. The van der Waals surface area contributed by atoms with E-state index in [0.717, 1.165) is 96.4 Å². The third-order valence-corrected chi connectivity index (χ3v) is 15.0. The van der Waals surface area contributed by atoms with Gasteiger partial charge in [-0.1, -0.05) is 23.2 Å². The van der Waals surface area contributed by atoms with E-state index in [1.807, 2.05) is 76.2 Å². The number of likely N-dealkylation sites (tertiary alicyclic amines) is 2. The molecule has 0 bridgehead atoms. The fourth-order valence-corrected chi connectivity index (χ4v) is 11.3. The van der Waals surface area contributed by atoms with Crippen LogP contribution in [0.4, 0.5) is 33.6 Å². The standard InChI is InChI=1S/C56H70Cl2FN11O6/c1-5-73-47-29-37(30-48(51(47)59)74-6-2)35-65-17-13-41(14-18-65)69(55-61-45-11-9-39(57)33-43(45)53(63-55)67-21-25-71-26-22-67)70(56-62-46-12-10-40(58)34-44(46)54(64-56)68-23-27-72-28-24-68)42-15-19-66(20-16-42)36-38-31-49(75-7-3)52(60)50(32-38)76-8-4/h9-12,29-34,41-42H,5-8,13-28,35-36,60H2,1-4H3. The first-order valence-corrected chi connectivity index (χ1v) is 27.8. The second kappa shape index (κ2) is 24.6. The van der Waals surface area contributed by atoms with E-state index >= 15 is 4.39 Å². The van der Waals surface area contributed by atoms with Gasteiger partial charge >= 0.3 is 0 Å². The van der Waals surface area contributed by atoms with Gasteiger partial charge in [0.1, 0.15) is 28.8 Å². The van der Waals surface area contributed by atoms with Gasteiger partial charge in [-0.25, -0.2) is 20.0 Å². The number of nitrogens with two attached hydrogens (primary N) is 1. The van der Waals surface area contributed by atoms with E-state index in [2.05, 4.69) is 29.6 Å².